The van der Waals surface area contributed by atoms with Crippen LogP contribution < -0.4 is 14.8 Å². The highest BCUT2D eigenvalue weighted by Gasteiger charge is 2.28. The van der Waals surface area contributed by atoms with Crippen LogP contribution >= 0.6 is 0 Å². The predicted molar refractivity (Wildman–Crippen MR) is 133 cm³/mol. The Morgan fingerprint density at radius 1 is 0.912 bits per heavy atom. The van der Waals surface area contributed by atoms with Crippen molar-refractivity contribution < 1.29 is 22.7 Å². The number of rotatable bonds is 10. The van der Waals surface area contributed by atoms with Crippen molar-refractivity contribution in [1.82, 2.24) is 4.31 Å². The van der Waals surface area contributed by atoms with E-state index < -0.39 is 15.9 Å². The van der Waals surface area contributed by atoms with Gasteiger partial charge in [0.2, 0.25) is 15.9 Å². The second-order valence-corrected chi connectivity index (χ2v) is 10.0. The van der Waals surface area contributed by atoms with Crippen LogP contribution in [0.25, 0.3) is 0 Å². The van der Waals surface area contributed by atoms with E-state index in [-0.39, 0.29) is 23.7 Å². The molecule has 0 aliphatic rings. The number of anilines is 1. The fourth-order valence-corrected chi connectivity index (χ4v) is 4.85. The number of hydrogen-bond acceptors (Lipinski definition) is 5. The molecule has 0 fully saturated rings. The summed E-state index contributed by atoms with van der Waals surface area (Å²) in [5.74, 6) is 0.645. The summed E-state index contributed by atoms with van der Waals surface area (Å²) in [5.41, 5.74) is 2.53. The van der Waals surface area contributed by atoms with Gasteiger partial charge in [0.1, 0.15) is 0 Å². The highest BCUT2D eigenvalue weighted by atomic mass is 32.2. The van der Waals surface area contributed by atoms with Crippen LogP contribution in [0.4, 0.5) is 5.69 Å². The SMILES string of the molecule is COc1ccc(S(=O)(=O)N(CC(=O)Nc2ccc(C(C)C)cc2)Cc2ccccc2)cc1OC. The van der Waals surface area contributed by atoms with Crippen LogP contribution in [0.2, 0.25) is 0 Å². The van der Waals surface area contributed by atoms with E-state index in [9.17, 15) is 13.2 Å². The second kappa shape index (κ2) is 11.2. The van der Waals surface area contributed by atoms with Crippen LogP contribution in [-0.2, 0) is 21.4 Å². The zero-order chi connectivity index (χ0) is 24.7. The number of carbonyl (C=O) groups excluding carboxylic acids is 1. The van der Waals surface area contributed by atoms with E-state index in [2.05, 4.69) is 19.2 Å². The third kappa shape index (κ3) is 6.15. The highest BCUT2D eigenvalue weighted by molar-refractivity contribution is 7.89. The molecule has 0 heterocycles. The molecule has 0 atom stereocenters. The number of methoxy groups -OCH3 is 2. The number of benzene rings is 3. The Balaban J connectivity index is 1.88. The third-order valence-electron chi connectivity index (χ3n) is 5.38. The van der Waals surface area contributed by atoms with Gasteiger partial charge in [-0.25, -0.2) is 8.42 Å². The standard InChI is InChI=1S/C26H30N2O5S/c1-19(2)21-10-12-22(13-11-21)27-26(29)18-28(17-20-8-6-5-7-9-20)34(30,31)23-14-15-24(32-3)25(16-23)33-4/h5-16,19H,17-18H2,1-4H3,(H,27,29). The van der Waals surface area contributed by atoms with Crippen molar-refractivity contribution >= 4 is 21.6 Å². The molecule has 0 saturated carbocycles. The van der Waals surface area contributed by atoms with E-state index in [1.165, 1.54) is 32.4 Å². The van der Waals surface area contributed by atoms with E-state index in [4.69, 9.17) is 9.47 Å². The molecule has 0 spiro atoms. The van der Waals surface area contributed by atoms with E-state index in [1.54, 1.807) is 0 Å². The maximum Gasteiger partial charge on any atom is 0.243 e. The molecule has 34 heavy (non-hydrogen) atoms. The number of hydrogen-bond donors (Lipinski definition) is 1. The van der Waals surface area contributed by atoms with Gasteiger partial charge in [0, 0.05) is 18.3 Å². The van der Waals surface area contributed by atoms with Crippen LogP contribution in [-0.4, -0.2) is 39.4 Å². The molecule has 1 amide bonds. The predicted octanol–water partition coefficient (Wildman–Crippen LogP) is 4.66. The van der Waals surface area contributed by atoms with Crippen molar-refractivity contribution in [3.8, 4) is 11.5 Å². The van der Waals surface area contributed by atoms with Crippen molar-refractivity contribution in [2.75, 3.05) is 26.1 Å². The molecular formula is C26H30N2O5S. The number of amides is 1. The fourth-order valence-electron chi connectivity index (χ4n) is 3.45. The monoisotopic (exact) mass is 482 g/mol. The Labute approximate surface area is 201 Å². The first-order valence-corrected chi connectivity index (χ1v) is 12.3. The maximum absolute atomic E-state index is 13.6. The molecule has 0 saturated heterocycles. The van der Waals surface area contributed by atoms with Gasteiger partial charge < -0.3 is 14.8 Å². The number of nitrogens with one attached hydrogen (secondary N) is 1. The molecule has 3 aromatic rings. The minimum atomic E-state index is -4.03. The van der Waals surface area contributed by atoms with Crippen molar-refractivity contribution in [1.29, 1.82) is 0 Å². The molecule has 8 heteroatoms. The Kier molecular flexibility index (Phi) is 8.31. The minimum absolute atomic E-state index is 0.00941. The van der Waals surface area contributed by atoms with Gasteiger partial charge in [0.05, 0.1) is 25.7 Å². The Bertz CT molecular complexity index is 1210. The van der Waals surface area contributed by atoms with Gasteiger partial charge in [-0.1, -0.05) is 56.3 Å². The molecule has 3 rings (SSSR count). The maximum atomic E-state index is 13.6. The summed E-state index contributed by atoms with van der Waals surface area (Å²) in [6.45, 7) is 3.87. The minimum Gasteiger partial charge on any atom is -0.493 e. The average molecular weight is 483 g/mol. The van der Waals surface area contributed by atoms with Crippen molar-refractivity contribution in [3.05, 3.63) is 83.9 Å². The summed E-state index contributed by atoms with van der Waals surface area (Å²) in [5, 5.41) is 2.80. The molecule has 180 valence electrons. The second-order valence-electron chi connectivity index (χ2n) is 8.10. The lowest BCUT2D eigenvalue weighted by molar-refractivity contribution is -0.116. The summed E-state index contributed by atoms with van der Waals surface area (Å²) < 4.78 is 38.8. The molecule has 0 aromatic heterocycles. The molecule has 3 aromatic carbocycles. The fraction of sp³-hybridized carbons (Fsp3) is 0.269. The third-order valence-corrected chi connectivity index (χ3v) is 7.16. The average Bonchev–Trinajstić information content (AvgIpc) is 2.84. The molecule has 0 radical (unpaired) electrons. The quantitative estimate of drug-likeness (QED) is 0.454. The first kappa shape index (κ1) is 25.3. The topological polar surface area (TPSA) is 84.9 Å². The lowest BCUT2D eigenvalue weighted by Gasteiger charge is -2.22. The molecule has 0 unspecified atom stereocenters. The lowest BCUT2D eigenvalue weighted by Crippen LogP contribution is -2.37. The van der Waals surface area contributed by atoms with Crippen molar-refractivity contribution in [3.63, 3.8) is 0 Å². The smallest absolute Gasteiger partial charge is 0.243 e. The van der Waals surface area contributed by atoms with Crippen LogP contribution in [0.15, 0.2) is 77.7 Å². The van der Waals surface area contributed by atoms with E-state index in [0.717, 1.165) is 15.4 Å². The molecular weight excluding hydrogens is 452 g/mol. The van der Waals surface area contributed by atoms with Crippen molar-refractivity contribution in [2.24, 2.45) is 0 Å². The zero-order valence-corrected chi connectivity index (χ0v) is 20.6. The molecule has 0 aliphatic carbocycles. The van der Waals surface area contributed by atoms with Crippen LogP contribution in [0.5, 0.6) is 11.5 Å². The van der Waals surface area contributed by atoms with Crippen LogP contribution in [0, 0.1) is 0 Å². The molecule has 7 nitrogen and oxygen atoms in total. The number of nitrogens with zero attached hydrogens (tertiary/aromatic N) is 1. The van der Waals surface area contributed by atoms with Gasteiger partial charge in [-0.15, -0.1) is 0 Å². The van der Waals surface area contributed by atoms with E-state index in [0.29, 0.717) is 17.4 Å². The van der Waals surface area contributed by atoms with Gasteiger partial charge in [-0.2, -0.15) is 4.31 Å². The summed E-state index contributed by atoms with van der Waals surface area (Å²) >= 11 is 0. The molecule has 0 bridgehead atoms. The number of ether oxygens (including phenoxy) is 2. The van der Waals surface area contributed by atoms with Crippen LogP contribution in [0.3, 0.4) is 0 Å². The largest absolute Gasteiger partial charge is 0.493 e. The van der Waals surface area contributed by atoms with Gasteiger partial charge >= 0.3 is 0 Å². The zero-order valence-electron chi connectivity index (χ0n) is 19.8. The highest BCUT2D eigenvalue weighted by Crippen LogP contribution is 2.31. The first-order valence-electron chi connectivity index (χ1n) is 10.9. The normalized spacial score (nSPS) is 11.5. The Hall–Kier alpha value is -3.36. The van der Waals surface area contributed by atoms with E-state index >= 15 is 0 Å². The first-order chi connectivity index (χ1) is 16.2. The Morgan fingerprint density at radius 3 is 2.15 bits per heavy atom. The summed E-state index contributed by atoms with van der Waals surface area (Å²) in [4.78, 5) is 12.9. The Morgan fingerprint density at radius 2 is 1.56 bits per heavy atom. The van der Waals surface area contributed by atoms with Crippen LogP contribution in [0.1, 0.15) is 30.9 Å². The molecule has 1 N–H and O–H groups in total. The van der Waals surface area contributed by atoms with Gasteiger partial charge in [-0.3, -0.25) is 4.79 Å². The van der Waals surface area contributed by atoms with E-state index in [1.807, 2.05) is 54.6 Å². The van der Waals surface area contributed by atoms with Crippen molar-refractivity contribution in [2.45, 2.75) is 31.2 Å². The van der Waals surface area contributed by atoms with Gasteiger partial charge in [-0.05, 0) is 41.3 Å². The summed E-state index contributed by atoms with van der Waals surface area (Å²) in [7, 11) is -1.11. The lowest BCUT2D eigenvalue weighted by atomic mass is 10.0. The molecule has 0 aliphatic heterocycles. The summed E-state index contributed by atoms with van der Waals surface area (Å²) in [6, 6.07) is 21.0. The number of carbonyl (C=O) groups is 1. The number of sulfonamides is 1. The van der Waals surface area contributed by atoms with Gasteiger partial charge in [0.15, 0.2) is 11.5 Å². The van der Waals surface area contributed by atoms with Gasteiger partial charge in [0.25, 0.3) is 0 Å². The summed E-state index contributed by atoms with van der Waals surface area (Å²) in [6.07, 6.45) is 0.